The molecule has 4 aliphatic rings. The van der Waals surface area contributed by atoms with Gasteiger partial charge >= 0.3 is 0 Å². The van der Waals surface area contributed by atoms with Gasteiger partial charge in [-0.15, -0.1) is 0 Å². The summed E-state index contributed by atoms with van der Waals surface area (Å²) in [5.41, 5.74) is 0.218. The lowest BCUT2D eigenvalue weighted by atomic mass is 9.77. The van der Waals surface area contributed by atoms with Crippen molar-refractivity contribution in [2.24, 2.45) is 11.8 Å². The monoisotopic (exact) mass is 481 g/mol. The molecule has 7 rings (SSSR count). The Morgan fingerprint density at radius 3 is 2.17 bits per heavy atom. The Bertz CT molecular complexity index is 1470. The van der Waals surface area contributed by atoms with Crippen LogP contribution in [0.1, 0.15) is 37.9 Å². The molecule has 0 radical (unpaired) electrons. The van der Waals surface area contributed by atoms with Gasteiger partial charge in [0.1, 0.15) is 0 Å². The quantitative estimate of drug-likeness (QED) is 0.409. The smallest absolute Gasteiger partial charge is 0.241 e. The Morgan fingerprint density at radius 1 is 0.806 bits per heavy atom. The van der Waals surface area contributed by atoms with E-state index in [0.29, 0.717) is 17.1 Å². The van der Waals surface area contributed by atoms with Crippen molar-refractivity contribution in [3.05, 3.63) is 89.0 Å². The molecule has 3 aromatic carbocycles. The van der Waals surface area contributed by atoms with Crippen molar-refractivity contribution in [2.75, 3.05) is 11.7 Å². The van der Waals surface area contributed by atoms with Crippen molar-refractivity contribution in [2.45, 2.75) is 18.6 Å². The summed E-state index contributed by atoms with van der Waals surface area (Å²) in [4.78, 5) is 56.5. The number of amides is 2. The van der Waals surface area contributed by atoms with Gasteiger partial charge in [-0.2, -0.15) is 0 Å². The van der Waals surface area contributed by atoms with Crippen LogP contribution in [-0.4, -0.2) is 35.8 Å². The van der Waals surface area contributed by atoms with Crippen LogP contribution in [-0.2, 0) is 14.3 Å². The van der Waals surface area contributed by atoms with E-state index in [2.05, 4.69) is 0 Å². The molecule has 2 fully saturated rings. The van der Waals surface area contributed by atoms with E-state index in [1.807, 2.05) is 19.1 Å². The summed E-state index contributed by atoms with van der Waals surface area (Å²) >= 11 is 0. The molecular weight excluding hydrogens is 462 g/mol. The normalized spacial score (nSPS) is 25.1. The molecule has 8 nitrogen and oxygen atoms in total. The van der Waals surface area contributed by atoms with E-state index in [-0.39, 0.29) is 23.6 Å². The first kappa shape index (κ1) is 21.0. The fourth-order valence-corrected chi connectivity index (χ4v) is 5.85. The number of hydrogen-bond acceptors (Lipinski definition) is 7. The number of anilines is 1. The number of fused-ring (bicyclic) bond motifs is 4. The average molecular weight is 481 g/mol. The molecule has 8 heteroatoms. The topological polar surface area (TPSA) is 99.2 Å². The third kappa shape index (κ3) is 2.51. The van der Waals surface area contributed by atoms with Gasteiger partial charge in [0.05, 0.1) is 23.6 Å². The maximum atomic E-state index is 14.0. The number of carbonyl (C=O) groups is 4. The summed E-state index contributed by atoms with van der Waals surface area (Å²) in [6, 6.07) is 18.5. The second kappa shape index (κ2) is 7.11. The maximum absolute atomic E-state index is 14.0. The second-order valence-electron chi connectivity index (χ2n) is 9.44. The first-order valence-electron chi connectivity index (χ1n) is 11.6. The van der Waals surface area contributed by atoms with Gasteiger partial charge in [0.25, 0.3) is 0 Å². The number of benzene rings is 3. The van der Waals surface area contributed by atoms with Crippen LogP contribution in [0.2, 0.25) is 0 Å². The number of hydrogen-bond donors (Lipinski definition) is 0. The summed E-state index contributed by atoms with van der Waals surface area (Å²) in [5, 5.41) is 0. The largest absolute Gasteiger partial charge is 0.454 e. The first-order chi connectivity index (χ1) is 17.4. The molecule has 3 atom stereocenters. The molecule has 0 N–H and O–H groups in total. The number of Topliss-reactive ketones (excluding diaryl/α,β-unsaturated/α-hetero) is 2. The zero-order valence-electron chi connectivity index (χ0n) is 19.1. The van der Waals surface area contributed by atoms with Crippen LogP contribution in [0, 0.1) is 18.8 Å². The molecule has 1 spiro atoms. The third-order valence-electron chi connectivity index (χ3n) is 7.54. The lowest BCUT2D eigenvalue weighted by Crippen LogP contribution is -2.51. The van der Waals surface area contributed by atoms with E-state index < -0.39 is 46.9 Å². The van der Waals surface area contributed by atoms with Crippen molar-refractivity contribution in [3.63, 3.8) is 0 Å². The highest BCUT2D eigenvalue weighted by molar-refractivity contribution is 6.37. The summed E-state index contributed by atoms with van der Waals surface area (Å²) < 4.78 is 17.1. The minimum absolute atomic E-state index is 0.0413. The second-order valence-corrected chi connectivity index (χ2v) is 9.44. The van der Waals surface area contributed by atoms with Crippen LogP contribution in [0.5, 0.6) is 11.5 Å². The van der Waals surface area contributed by atoms with Crippen molar-refractivity contribution in [1.29, 1.82) is 0 Å². The van der Waals surface area contributed by atoms with Gasteiger partial charge in [-0.3, -0.25) is 19.2 Å². The van der Waals surface area contributed by atoms with Crippen molar-refractivity contribution < 1.29 is 33.4 Å². The van der Waals surface area contributed by atoms with Crippen LogP contribution in [0.25, 0.3) is 0 Å². The highest BCUT2D eigenvalue weighted by Crippen LogP contribution is 2.58. The number of rotatable bonds is 2. The minimum atomic E-state index is -2.10. The summed E-state index contributed by atoms with van der Waals surface area (Å²) in [6.07, 6.45) is -0.951. The molecule has 36 heavy (non-hydrogen) atoms. The lowest BCUT2D eigenvalue weighted by molar-refractivity contribution is -0.127. The van der Waals surface area contributed by atoms with E-state index >= 15 is 0 Å². The van der Waals surface area contributed by atoms with Crippen LogP contribution in [0.4, 0.5) is 5.69 Å². The molecule has 178 valence electrons. The molecule has 3 aliphatic heterocycles. The van der Waals surface area contributed by atoms with E-state index in [4.69, 9.17) is 14.2 Å². The molecule has 0 saturated carbocycles. The number of aryl methyl sites for hydroxylation is 1. The minimum Gasteiger partial charge on any atom is -0.454 e. The van der Waals surface area contributed by atoms with E-state index in [1.165, 1.54) is 0 Å². The summed E-state index contributed by atoms with van der Waals surface area (Å²) in [7, 11) is 0. The molecule has 2 amide bonds. The Balaban J connectivity index is 1.40. The summed E-state index contributed by atoms with van der Waals surface area (Å²) in [6.45, 7) is 1.97. The number of ketones is 2. The molecule has 3 unspecified atom stereocenters. The standard InChI is InChI=1S/C28H19NO7/c1-14-6-8-15(9-7-14)23-21-22(28(36-23)24(30)17-4-2-3-5-18(17)25(28)31)27(33)29(26(21)32)16-10-11-19-20(12-16)35-13-34-19/h2-12,21-23H,13H2,1H3. The van der Waals surface area contributed by atoms with Gasteiger partial charge in [0.2, 0.25) is 35.8 Å². The summed E-state index contributed by atoms with van der Waals surface area (Å²) in [5.74, 6) is -3.76. The van der Waals surface area contributed by atoms with Gasteiger partial charge in [-0.05, 0) is 24.6 Å². The zero-order valence-corrected chi connectivity index (χ0v) is 19.1. The van der Waals surface area contributed by atoms with E-state index in [0.717, 1.165) is 10.5 Å². The van der Waals surface area contributed by atoms with Crippen molar-refractivity contribution in [1.82, 2.24) is 0 Å². The van der Waals surface area contributed by atoms with Crippen LogP contribution >= 0.6 is 0 Å². The zero-order chi connectivity index (χ0) is 24.8. The van der Waals surface area contributed by atoms with Crippen molar-refractivity contribution >= 4 is 29.1 Å². The van der Waals surface area contributed by atoms with E-state index in [9.17, 15) is 19.2 Å². The lowest BCUT2D eigenvalue weighted by Gasteiger charge is -2.27. The Labute approximate surface area is 205 Å². The Kier molecular flexibility index (Phi) is 4.15. The molecule has 2 saturated heterocycles. The van der Waals surface area contributed by atoms with E-state index in [1.54, 1.807) is 54.6 Å². The average Bonchev–Trinajstić information content (AvgIpc) is 3.61. The highest BCUT2D eigenvalue weighted by Gasteiger charge is 2.74. The predicted octanol–water partition coefficient (Wildman–Crippen LogP) is 3.42. The first-order valence-corrected chi connectivity index (χ1v) is 11.6. The Hall–Kier alpha value is -4.30. The van der Waals surface area contributed by atoms with Crippen LogP contribution < -0.4 is 14.4 Å². The fourth-order valence-electron chi connectivity index (χ4n) is 5.85. The van der Waals surface area contributed by atoms with Crippen molar-refractivity contribution in [3.8, 4) is 11.5 Å². The molecule has 3 aromatic rings. The van der Waals surface area contributed by atoms with Gasteiger partial charge in [0.15, 0.2) is 11.5 Å². The van der Waals surface area contributed by atoms with Gasteiger partial charge in [-0.25, -0.2) is 4.90 Å². The predicted molar refractivity (Wildman–Crippen MR) is 125 cm³/mol. The third-order valence-corrected chi connectivity index (χ3v) is 7.54. The van der Waals surface area contributed by atoms with Crippen LogP contribution in [0.3, 0.4) is 0 Å². The van der Waals surface area contributed by atoms with Gasteiger partial charge in [0, 0.05) is 17.2 Å². The number of nitrogens with zero attached hydrogens (tertiary/aromatic N) is 1. The maximum Gasteiger partial charge on any atom is 0.241 e. The number of ether oxygens (including phenoxy) is 3. The molecule has 0 bridgehead atoms. The molecule has 0 aromatic heterocycles. The fraction of sp³-hybridized carbons (Fsp3) is 0.214. The number of carbonyl (C=O) groups excluding carboxylic acids is 4. The highest BCUT2D eigenvalue weighted by atomic mass is 16.7. The SMILES string of the molecule is Cc1ccc(C2OC3(C(=O)c4ccccc4C3=O)C3C(=O)N(c4ccc5c(c4)OCO5)C(=O)C23)cc1. The number of imide groups is 1. The molecule has 1 aliphatic carbocycles. The molecule has 3 heterocycles. The van der Waals surface area contributed by atoms with Gasteiger partial charge < -0.3 is 14.2 Å². The van der Waals surface area contributed by atoms with Crippen LogP contribution in [0.15, 0.2) is 66.7 Å². The van der Waals surface area contributed by atoms with Gasteiger partial charge in [-0.1, -0.05) is 54.1 Å². The Morgan fingerprint density at radius 2 is 1.47 bits per heavy atom. The molecular formula is C28H19NO7.